The number of methoxy groups -OCH3 is 2. The van der Waals surface area contributed by atoms with Crippen molar-refractivity contribution < 1.29 is 14.3 Å². The van der Waals surface area contributed by atoms with Gasteiger partial charge in [0.15, 0.2) is 11.5 Å². The molecular weight excluding hydrogens is 256 g/mol. The predicted octanol–water partition coefficient (Wildman–Crippen LogP) is 1.74. The second-order valence-corrected chi connectivity index (χ2v) is 3.87. The third kappa shape index (κ3) is 4.33. The first-order valence-electron chi connectivity index (χ1n) is 5.49. The van der Waals surface area contributed by atoms with Gasteiger partial charge in [0.2, 0.25) is 0 Å². The molecule has 0 saturated heterocycles. The van der Waals surface area contributed by atoms with Crippen LogP contribution in [-0.2, 0) is 6.54 Å². The van der Waals surface area contributed by atoms with Crippen molar-refractivity contribution in [3.8, 4) is 11.5 Å². The molecule has 18 heavy (non-hydrogen) atoms. The maximum Gasteiger partial charge on any atom is 0.315 e. The first-order valence-corrected chi connectivity index (χ1v) is 6.03. The van der Waals surface area contributed by atoms with Crippen LogP contribution in [0.2, 0.25) is 0 Å². The maximum absolute atomic E-state index is 11.3. The number of hydrogen-bond donors (Lipinski definition) is 2. The molecule has 100 valence electrons. The van der Waals surface area contributed by atoms with Gasteiger partial charge in [-0.15, -0.1) is 11.6 Å². The summed E-state index contributed by atoms with van der Waals surface area (Å²) < 4.78 is 10.3. The van der Waals surface area contributed by atoms with Crippen LogP contribution in [0.25, 0.3) is 0 Å². The molecule has 0 unspecified atom stereocenters. The van der Waals surface area contributed by atoms with Crippen LogP contribution < -0.4 is 20.1 Å². The molecule has 0 bridgehead atoms. The normalized spacial score (nSPS) is 9.72. The van der Waals surface area contributed by atoms with Crippen molar-refractivity contribution in [3.63, 3.8) is 0 Å². The zero-order valence-electron chi connectivity index (χ0n) is 10.5. The molecule has 0 aliphatic carbocycles. The van der Waals surface area contributed by atoms with E-state index in [-0.39, 0.29) is 6.03 Å². The van der Waals surface area contributed by atoms with E-state index in [9.17, 15) is 4.79 Å². The molecule has 1 aromatic rings. The number of carbonyl (C=O) groups is 1. The number of amides is 2. The first-order chi connectivity index (χ1) is 8.71. The van der Waals surface area contributed by atoms with Gasteiger partial charge < -0.3 is 20.1 Å². The number of ether oxygens (including phenoxy) is 2. The topological polar surface area (TPSA) is 59.6 Å². The van der Waals surface area contributed by atoms with E-state index < -0.39 is 0 Å². The number of halogens is 1. The molecule has 0 fully saturated rings. The van der Waals surface area contributed by atoms with E-state index in [1.54, 1.807) is 20.3 Å². The molecule has 2 amide bonds. The smallest absolute Gasteiger partial charge is 0.315 e. The van der Waals surface area contributed by atoms with E-state index >= 15 is 0 Å². The minimum Gasteiger partial charge on any atom is -0.493 e. The van der Waals surface area contributed by atoms with Crippen molar-refractivity contribution in [3.05, 3.63) is 23.8 Å². The van der Waals surface area contributed by atoms with Crippen molar-refractivity contribution in [2.24, 2.45) is 0 Å². The zero-order chi connectivity index (χ0) is 13.4. The number of hydrogen-bond acceptors (Lipinski definition) is 3. The van der Waals surface area contributed by atoms with Crippen LogP contribution in [0.5, 0.6) is 11.5 Å². The highest BCUT2D eigenvalue weighted by molar-refractivity contribution is 6.18. The highest BCUT2D eigenvalue weighted by atomic mass is 35.5. The molecule has 0 saturated carbocycles. The third-order valence-electron chi connectivity index (χ3n) is 2.28. The number of nitrogens with one attached hydrogen (secondary N) is 2. The van der Waals surface area contributed by atoms with Gasteiger partial charge in [-0.2, -0.15) is 0 Å². The Labute approximate surface area is 111 Å². The Morgan fingerprint density at radius 1 is 1.22 bits per heavy atom. The van der Waals surface area contributed by atoms with Gasteiger partial charge >= 0.3 is 6.03 Å². The lowest BCUT2D eigenvalue weighted by Gasteiger charge is -2.10. The van der Waals surface area contributed by atoms with E-state index in [1.807, 2.05) is 12.1 Å². The monoisotopic (exact) mass is 272 g/mol. The Morgan fingerprint density at radius 2 is 1.94 bits per heavy atom. The third-order valence-corrected chi connectivity index (χ3v) is 2.47. The van der Waals surface area contributed by atoms with Gasteiger partial charge in [-0.3, -0.25) is 0 Å². The summed E-state index contributed by atoms with van der Waals surface area (Å²) in [6.07, 6.45) is 0. The van der Waals surface area contributed by atoms with E-state index in [2.05, 4.69) is 10.6 Å². The molecule has 0 radical (unpaired) electrons. The summed E-state index contributed by atoms with van der Waals surface area (Å²) in [7, 11) is 3.15. The van der Waals surface area contributed by atoms with Gasteiger partial charge in [0.05, 0.1) is 14.2 Å². The number of urea groups is 1. The Bertz CT molecular complexity index is 399. The van der Waals surface area contributed by atoms with Crippen LogP contribution >= 0.6 is 11.6 Å². The van der Waals surface area contributed by atoms with Crippen molar-refractivity contribution >= 4 is 17.6 Å². The van der Waals surface area contributed by atoms with E-state index in [1.165, 1.54) is 0 Å². The van der Waals surface area contributed by atoms with Gasteiger partial charge in [-0.05, 0) is 17.7 Å². The molecule has 0 spiro atoms. The summed E-state index contributed by atoms with van der Waals surface area (Å²) >= 11 is 5.46. The lowest BCUT2D eigenvalue weighted by molar-refractivity contribution is 0.241. The molecular formula is C12H17ClN2O3. The fraction of sp³-hybridized carbons (Fsp3) is 0.417. The van der Waals surface area contributed by atoms with Crippen LogP contribution in [0.3, 0.4) is 0 Å². The molecule has 0 atom stereocenters. The Balaban J connectivity index is 2.55. The largest absolute Gasteiger partial charge is 0.493 e. The molecule has 6 heteroatoms. The van der Waals surface area contributed by atoms with Crippen molar-refractivity contribution in [1.82, 2.24) is 10.6 Å². The van der Waals surface area contributed by atoms with Gasteiger partial charge in [-0.25, -0.2) is 4.79 Å². The fourth-order valence-corrected chi connectivity index (χ4v) is 1.49. The quantitative estimate of drug-likeness (QED) is 0.776. The van der Waals surface area contributed by atoms with Crippen molar-refractivity contribution in [2.75, 3.05) is 26.6 Å². The average molecular weight is 273 g/mol. The Kier molecular flexibility index (Phi) is 6.14. The molecule has 2 N–H and O–H groups in total. The molecule has 0 heterocycles. The summed E-state index contributed by atoms with van der Waals surface area (Å²) in [5, 5.41) is 5.33. The highest BCUT2D eigenvalue weighted by Crippen LogP contribution is 2.27. The summed E-state index contributed by atoms with van der Waals surface area (Å²) in [4.78, 5) is 11.3. The second-order valence-electron chi connectivity index (χ2n) is 3.49. The van der Waals surface area contributed by atoms with Crippen LogP contribution in [-0.4, -0.2) is 32.7 Å². The van der Waals surface area contributed by atoms with Crippen molar-refractivity contribution in [1.29, 1.82) is 0 Å². The number of benzene rings is 1. The minimum atomic E-state index is -0.245. The number of alkyl halides is 1. The van der Waals surface area contributed by atoms with Crippen molar-refractivity contribution in [2.45, 2.75) is 6.54 Å². The molecule has 0 aliphatic heterocycles. The fourth-order valence-electron chi connectivity index (χ4n) is 1.40. The molecule has 0 aromatic heterocycles. The Morgan fingerprint density at radius 3 is 2.56 bits per heavy atom. The lowest BCUT2D eigenvalue weighted by Crippen LogP contribution is -2.36. The molecule has 1 aromatic carbocycles. The maximum atomic E-state index is 11.3. The molecule has 1 rings (SSSR count). The van der Waals surface area contributed by atoms with Gasteiger partial charge in [0, 0.05) is 19.0 Å². The standard InChI is InChI=1S/C12H17ClN2O3/c1-17-10-4-3-9(7-11(10)18-2)8-15-12(16)14-6-5-13/h3-4,7H,5-6,8H2,1-2H3,(H2,14,15,16). The summed E-state index contributed by atoms with van der Waals surface area (Å²) in [5.41, 5.74) is 0.925. The highest BCUT2D eigenvalue weighted by Gasteiger charge is 2.05. The molecule has 5 nitrogen and oxygen atoms in total. The zero-order valence-corrected chi connectivity index (χ0v) is 11.2. The van der Waals surface area contributed by atoms with Crippen LogP contribution in [0, 0.1) is 0 Å². The van der Waals surface area contributed by atoms with Gasteiger partial charge in [-0.1, -0.05) is 6.07 Å². The second kappa shape index (κ2) is 7.66. The SMILES string of the molecule is COc1ccc(CNC(=O)NCCCl)cc1OC. The minimum absolute atomic E-state index is 0.245. The van der Waals surface area contributed by atoms with E-state index in [0.717, 1.165) is 5.56 Å². The van der Waals surface area contributed by atoms with Gasteiger partial charge in [0.1, 0.15) is 0 Å². The van der Waals surface area contributed by atoms with E-state index in [4.69, 9.17) is 21.1 Å². The summed E-state index contributed by atoms with van der Waals surface area (Å²) in [6.45, 7) is 0.855. The van der Waals surface area contributed by atoms with Crippen LogP contribution in [0.4, 0.5) is 4.79 Å². The number of carbonyl (C=O) groups excluding carboxylic acids is 1. The molecule has 0 aliphatic rings. The predicted molar refractivity (Wildman–Crippen MR) is 70.5 cm³/mol. The lowest BCUT2D eigenvalue weighted by atomic mass is 10.2. The first kappa shape index (κ1) is 14.4. The summed E-state index contributed by atoms with van der Waals surface area (Å²) in [5.74, 6) is 1.69. The van der Waals surface area contributed by atoms with Gasteiger partial charge in [0.25, 0.3) is 0 Å². The van der Waals surface area contributed by atoms with Crippen LogP contribution in [0.1, 0.15) is 5.56 Å². The number of rotatable bonds is 6. The Hall–Kier alpha value is -1.62. The van der Waals surface area contributed by atoms with E-state index in [0.29, 0.717) is 30.5 Å². The summed E-state index contributed by atoms with van der Waals surface area (Å²) in [6, 6.07) is 5.24. The van der Waals surface area contributed by atoms with Crippen LogP contribution in [0.15, 0.2) is 18.2 Å². The average Bonchev–Trinajstić information content (AvgIpc) is 2.42.